The molecule has 38 heavy (non-hydrogen) atoms. The molecule has 1 heterocycles. The highest BCUT2D eigenvalue weighted by atomic mass is 35.5. The van der Waals surface area contributed by atoms with Crippen molar-refractivity contribution < 1.29 is 19.4 Å². The Kier molecular flexibility index (Phi) is 5.85. The van der Waals surface area contributed by atoms with Crippen LogP contribution in [0.2, 0.25) is 10.0 Å². The van der Waals surface area contributed by atoms with Crippen molar-refractivity contribution >= 4 is 40.7 Å². The van der Waals surface area contributed by atoms with Crippen LogP contribution in [-0.2, 0) is 15.0 Å². The van der Waals surface area contributed by atoms with Crippen molar-refractivity contribution in [3.63, 3.8) is 0 Å². The third-order valence-corrected chi connectivity index (χ3v) is 9.67. The Labute approximate surface area is 231 Å². The number of carbonyl (C=O) groups is 2. The Bertz CT molecular complexity index is 1500. The predicted octanol–water partition coefficient (Wildman–Crippen LogP) is 6.42. The molecule has 194 valence electrons. The smallest absolute Gasteiger partial charge is 0.312 e. The molecule has 0 radical (unpaired) electrons. The number of ether oxygens (including phenoxy) is 1. The first-order valence-corrected chi connectivity index (χ1v) is 13.4. The van der Waals surface area contributed by atoms with Crippen LogP contribution in [0.3, 0.4) is 0 Å². The molecule has 1 saturated heterocycles. The summed E-state index contributed by atoms with van der Waals surface area (Å²) in [6, 6.07) is 20.8. The van der Waals surface area contributed by atoms with Gasteiger partial charge in [0, 0.05) is 51.5 Å². The van der Waals surface area contributed by atoms with E-state index in [9.17, 15) is 14.7 Å². The second-order valence-corrected chi connectivity index (χ2v) is 11.4. The molecule has 7 rings (SSSR count). The van der Waals surface area contributed by atoms with Crippen LogP contribution < -0.4 is 4.74 Å². The zero-order chi connectivity index (χ0) is 26.8. The Balaban J connectivity index is 1.51. The number of nitrogens with zero attached hydrogens (tertiary/aromatic N) is 1. The largest absolute Gasteiger partial charge is 0.496 e. The van der Waals surface area contributed by atoms with Gasteiger partial charge in [-0.2, -0.15) is 0 Å². The summed E-state index contributed by atoms with van der Waals surface area (Å²) in [6.45, 7) is 4.49. The SMILES string of the molecule is C=C(C(=O)N1CC2[C@@]3(c4ccc(Cl)cc4Cl)CC[C@H](c4ccccc43)[C@@]2(C(=O)O)C1)c1ccccc1OC. The van der Waals surface area contributed by atoms with Gasteiger partial charge in [0.2, 0.25) is 0 Å². The van der Waals surface area contributed by atoms with Crippen molar-refractivity contribution in [1.82, 2.24) is 4.90 Å². The number of para-hydroxylation sites is 1. The van der Waals surface area contributed by atoms with Gasteiger partial charge in [0.25, 0.3) is 5.91 Å². The average molecular weight is 548 g/mol. The average Bonchev–Trinajstić information content (AvgIpc) is 3.36. The molecule has 1 unspecified atom stereocenters. The molecule has 0 aromatic heterocycles. The molecule has 4 aliphatic rings. The maximum atomic E-state index is 13.9. The number of fused-ring (bicyclic) bond motifs is 1. The lowest BCUT2D eigenvalue weighted by Gasteiger charge is -2.59. The molecular formula is C31H27Cl2NO4. The van der Waals surface area contributed by atoms with E-state index in [0.29, 0.717) is 27.8 Å². The lowest BCUT2D eigenvalue weighted by molar-refractivity contribution is -0.157. The molecule has 1 amide bonds. The zero-order valence-electron chi connectivity index (χ0n) is 20.9. The number of carboxylic acid groups (broad SMARTS) is 1. The van der Waals surface area contributed by atoms with Crippen molar-refractivity contribution in [3.8, 4) is 5.75 Å². The molecule has 7 heteroatoms. The fourth-order valence-electron chi connectivity index (χ4n) is 7.63. The Hall–Kier alpha value is -3.28. The molecule has 1 aliphatic heterocycles. The van der Waals surface area contributed by atoms with Crippen LogP contribution in [0, 0.1) is 11.3 Å². The summed E-state index contributed by atoms with van der Waals surface area (Å²) in [7, 11) is 1.55. The number of carbonyl (C=O) groups excluding carboxylic acids is 1. The summed E-state index contributed by atoms with van der Waals surface area (Å²) < 4.78 is 5.46. The summed E-state index contributed by atoms with van der Waals surface area (Å²) in [5.41, 5.74) is 2.04. The van der Waals surface area contributed by atoms with E-state index in [2.05, 4.69) is 12.6 Å². The van der Waals surface area contributed by atoms with Crippen LogP contribution in [0.25, 0.3) is 5.57 Å². The first-order valence-electron chi connectivity index (χ1n) is 12.7. The second kappa shape index (κ2) is 8.89. The van der Waals surface area contributed by atoms with E-state index in [1.807, 2.05) is 42.5 Å². The minimum Gasteiger partial charge on any atom is -0.496 e. The number of rotatable bonds is 5. The zero-order valence-corrected chi connectivity index (χ0v) is 22.4. The first-order chi connectivity index (χ1) is 18.3. The minimum absolute atomic E-state index is 0.103. The van der Waals surface area contributed by atoms with E-state index in [1.54, 1.807) is 30.2 Å². The van der Waals surface area contributed by atoms with Crippen molar-refractivity contribution in [2.45, 2.75) is 24.2 Å². The van der Waals surface area contributed by atoms with Gasteiger partial charge in [-0.15, -0.1) is 0 Å². The molecule has 3 aromatic carbocycles. The first kappa shape index (κ1) is 25.0. The van der Waals surface area contributed by atoms with Crippen LogP contribution in [0.15, 0.2) is 73.3 Å². The highest BCUT2D eigenvalue weighted by Crippen LogP contribution is 2.69. The van der Waals surface area contributed by atoms with Crippen LogP contribution >= 0.6 is 23.2 Å². The van der Waals surface area contributed by atoms with Gasteiger partial charge in [-0.25, -0.2) is 0 Å². The molecule has 3 aliphatic carbocycles. The number of halogens is 2. The Morgan fingerprint density at radius 2 is 1.79 bits per heavy atom. The number of hydrogen-bond acceptors (Lipinski definition) is 3. The van der Waals surface area contributed by atoms with Crippen molar-refractivity contribution in [3.05, 3.63) is 106 Å². The normalized spacial score (nSPS) is 27.0. The fraction of sp³-hybridized carbons (Fsp3) is 0.290. The monoisotopic (exact) mass is 547 g/mol. The van der Waals surface area contributed by atoms with Gasteiger partial charge in [-0.3, -0.25) is 9.59 Å². The minimum atomic E-state index is -1.16. The number of benzene rings is 3. The van der Waals surface area contributed by atoms with Crippen molar-refractivity contribution in [2.75, 3.05) is 20.2 Å². The maximum Gasteiger partial charge on any atom is 0.312 e. The molecule has 3 aromatic rings. The quantitative estimate of drug-likeness (QED) is 0.374. The predicted molar refractivity (Wildman–Crippen MR) is 148 cm³/mol. The van der Waals surface area contributed by atoms with Gasteiger partial charge < -0.3 is 14.7 Å². The summed E-state index contributed by atoms with van der Waals surface area (Å²) in [4.78, 5) is 28.9. The number of amides is 1. The van der Waals surface area contributed by atoms with Gasteiger partial charge in [0.1, 0.15) is 5.75 Å². The third-order valence-electron chi connectivity index (χ3n) is 9.13. The summed E-state index contributed by atoms with van der Waals surface area (Å²) in [6.07, 6.45) is 1.43. The molecule has 2 fully saturated rings. The molecule has 5 nitrogen and oxygen atoms in total. The number of likely N-dealkylation sites (tertiary alicyclic amines) is 1. The van der Waals surface area contributed by atoms with Gasteiger partial charge >= 0.3 is 5.97 Å². The Morgan fingerprint density at radius 1 is 1.05 bits per heavy atom. The molecule has 1 saturated carbocycles. The lowest BCUT2D eigenvalue weighted by atomic mass is 9.42. The highest BCUT2D eigenvalue weighted by molar-refractivity contribution is 6.35. The van der Waals surface area contributed by atoms with E-state index in [4.69, 9.17) is 27.9 Å². The van der Waals surface area contributed by atoms with Gasteiger partial charge in [-0.1, -0.05) is 78.3 Å². The fourth-order valence-corrected chi connectivity index (χ4v) is 8.21. The highest BCUT2D eigenvalue weighted by Gasteiger charge is 2.71. The van der Waals surface area contributed by atoms with Gasteiger partial charge in [0.05, 0.1) is 12.5 Å². The van der Waals surface area contributed by atoms with Gasteiger partial charge in [-0.05, 0) is 47.7 Å². The van der Waals surface area contributed by atoms with E-state index in [1.165, 1.54) is 0 Å². The summed E-state index contributed by atoms with van der Waals surface area (Å²) in [5, 5.41) is 12.0. The van der Waals surface area contributed by atoms with E-state index in [-0.39, 0.29) is 36.4 Å². The van der Waals surface area contributed by atoms with Crippen molar-refractivity contribution in [1.29, 1.82) is 0 Å². The summed E-state index contributed by atoms with van der Waals surface area (Å²) in [5.74, 6) is -1.22. The molecule has 1 N–H and O–H groups in total. The van der Waals surface area contributed by atoms with Crippen LogP contribution in [0.1, 0.15) is 41.0 Å². The number of aliphatic carboxylic acids is 1. The molecule has 0 spiro atoms. The Morgan fingerprint density at radius 3 is 2.53 bits per heavy atom. The summed E-state index contributed by atoms with van der Waals surface area (Å²) >= 11 is 13.1. The van der Waals surface area contributed by atoms with Crippen LogP contribution in [0.4, 0.5) is 0 Å². The molecular weight excluding hydrogens is 521 g/mol. The van der Waals surface area contributed by atoms with E-state index in [0.717, 1.165) is 23.1 Å². The maximum absolute atomic E-state index is 13.9. The number of carboxylic acids is 1. The standard InChI is InChI=1S/C31H27Cl2NO4/c1-18(20-7-4-6-10-26(20)38-2)28(35)34-16-27-30(24-12-11-19(32)15-25(24)33)14-13-23(31(27,17-34)29(36)37)21-8-3-5-9-22(21)30/h3-12,15,23,27H,1,13-14,16-17H2,2H3,(H,36,37)/t23-,27?,30+,31+/m1/s1. The van der Waals surface area contributed by atoms with Gasteiger partial charge in [0.15, 0.2) is 0 Å². The second-order valence-electron chi connectivity index (χ2n) is 10.5. The van der Waals surface area contributed by atoms with E-state index >= 15 is 0 Å². The molecule has 4 atom stereocenters. The van der Waals surface area contributed by atoms with Crippen LogP contribution in [-0.4, -0.2) is 42.1 Å². The third kappa shape index (κ3) is 3.25. The molecule has 2 bridgehead atoms. The van der Waals surface area contributed by atoms with Crippen molar-refractivity contribution in [2.24, 2.45) is 11.3 Å². The number of hydrogen-bond donors (Lipinski definition) is 1. The van der Waals surface area contributed by atoms with E-state index < -0.39 is 16.8 Å². The van der Waals surface area contributed by atoms with Crippen LogP contribution in [0.5, 0.6) is 5.75 Å². The number of methoxy groups -OCH3 is 1. The topological polar surface area (TPSA) is 66.8 Å². The lowest BCUT2D eigenvalue weighted by Crippen LogP contribution is -2.60.